The lowest BCUT2D eigenvalue weighted by Crippen LogP contribution is -2.49. The first-order chi connectivity index (χ1) is 19.2. The van der Waals surface area contributed by atoms with Gasteiger partial charge in [0.25, 0.3) is 10.1 Å². The van der Waals surface area contributed by atoms with E-state index in [9.17, 15) is 52.1 Å². The van der Waals surface area contributed by atoms with Crippen molar-refractivity contribution in [2.75, 3.05) is 23.9 Å². The second-order valence-electron chi connectivity index (χ2n) is 10.7. The van der Waals surface area contributed by atoms with Crippen LogP contribution >= 0.6 is 0 Å². The zero-order valence-corrected chi connectivity index (χ0v) is 23.9. The molecule has 0 radical (unpaired) electrons. The van der Waals surface area contributed by atoms with Crippen molar-refractivity contribution >= 4 is 25.8 Å². The van der Waals surface area contributed by atoms with Crippen LogP contribution in [0.1, 0.15) is 26.7 Å². The Hall–Kier alpha value is -2.63. The number of alkyl halides is 6. The summed E-state index contributed by atoms with van der Waals surface area (Å²) in [6.07, 6.45) is -6.54. The van der Waals surface area contributed by atoms with E-state index < -0.39 is 74.2 Å². The van der Waals surface area contributed by atoms with E-state index in [0.29, 0.717) is 24.6 Å². The maximum Gasteiger partial charge on any atom is 0.408 e. The molecule has 234 valence electrons. The van der Waals surface area contributed by atoms with E-state index in [1.54, 1.807) is 30.3 Å². The molecule has 3 aliphatic rings. The van der Waals surface area contributed by atoms with E-state index in [-0.39, 0.29) is 16.6 Å². The van der Waals surface area contributed by atoms with Crippen molar-refractivity contribution < 1.29 is 52.1 Å². The highest BCUT2D eigenvalue weighted by molar-refractivity contribution is 7.89. The van der Waals surface area contributed by atoms with Crippen molar-refractivity contribution in [3.63, 3.8) is 0 Å². The molecule has 0 saturated heterocycles. The molecular weight excluding hydrogens is 619 g/mol. The van der Waals surface area contributed by atoms with Crippen LogP contribution in [0.25, 0.3) is 0 Å². The van der Waals surface area contributed by atoms with E-state index in [4.69, 9.17) is 0 Å². The van der Waals surface area contributed by atoms with Crippen LogP contribution < -0.4 is 10.4 Å². The first kappa shape index (κ1) is 32.3. The van der Waals surface area contributed by atoms with Gasteiger partial charge in [0, 0.05) is 30.8 Å². The van der Waals surface area contributed by atoms with Gasteiger partial charge < -0.3 is 5.43 Å². The van der Waals surface area contributed by atoms with Crippen LogP contribution in [-0.4, -0.2) is 62.1 Å². The summed E-state index contributed by atoms with van der Waals surface area (Å²) < 4.78 is 152. The number of fused-ring (bicyclic) bond motifs is 1. The van der Waals surface area contributed by atoms with Gasteiger partial charge in [-0.15, -0.1) is 0 Å². The Morgan fingerprint density at radius 1 is 1.10 bits per heavy atom. The van der Waals surface area contributed by atoms with Gasteiger partial charge in [-0.2, -0.15) is 34.8 Å². The Morgan fingerprint density at radius 2 is 1.71 bits per heavy atom. The number of halogens is 7. The smallest absolute Gasteiger partial charge is 0.301 e. The van der Waals surface area contributed by atoms with Crippen molar-refractivity contribution in [2.45, 2.75) is 44.3 Å². The van der Waals surface area contributed by atoms with Gasteiger partial charge >= 0.3 is 12.4 Å². The van der Waals surface area contributed by atoms with E-state index in [0.717, 1.165) is 16.8 Å². The second-order valence-corrected chi connectivity index (χ2v) is 14.2. The van der Waals surface area contributed by atoms with Crippen LogP contribution in [0.4, 0.5) is 36.4 Å². The fraction of sp³-hybridized carbons (Fsp3) is 0.520. The lowest BCUT2D eigenvalue weighted by Gasteiger charge is -2.34. The van der Waals surface area contributed by atoms with Crippen LogP contribution in [-0.2, 0) is 20.1 Å². The summed E-state index contributed by atoms with van der Waals surface area (Å²) in [4.78, 5) is 0. The van der Waals surface area contributed by atoms with Gasteiger partial charge in [0.15, 0.2) is 11.0 Å². The van der Waals surface area contributed by atoms with Gasteiger partial charge in [0.05, 0.1) is 11.4 Å². The van der Waals surface area contributed by atoms with Gasteiger partial charge in [0.2, 0.25) is 10.0 Å². The second kappa shape index (κ2) is 11.1. The predicted molar refractivity (Wildman–Crippen MR) is 139 cm³/mol. The van der Waals surface area contributed by atoms with Gasteiger partial charge in [0.1, 0.15) is 5.82 Å². The molecule has 42 heavy (non-hydrogen) atoms. The number of sulfonamides is 1. The molecule has 4 atom stereocenters. The van der Waals surface area contributed by atoms with Crippen molar-refractivity contribution in [3.05, 3.63) is 64.8 Å². The van der Waals surface area contributed by atoms with E-state index in [1.165, 1.54) is 12.1 Å². The molecule has 0 spiro atoms. The lowest BCUT2D eigenvalue weighted by atomic mass is 9.80. The number of rotatable bonds is 9. The van der Waals surface area contributed by atoms with Crippen LogP contribution in [0.5, 0.6) is 0 Å². The topological polar surface area (TPSA) is 107 Å². The molecule has 0 saturated carbocycles. The highest BCUT2D eigenvalue weighted by atomic mass is 32.2. The molecule has 0 amide bonds. The van der Waals surface area contributed by atoms with Gasteiger partial charge in [-0.3, -0.25) is 9.56 Å². The zero-order valence-electron chi connectivity index (χ0n) is 22.2. The summed E-state index contributed by atoms with van der Waals surface area (Å²) in [5, 5.41) is -1.70. The normalized spacial score (nSPS) is 22.9. The maximum absolute atomic E-state index is 13.5. The quantitative estimate of drug-likeness (QED) is 0.290. The molecule has 0 fully saturated rings. The fourth-order valence-electron chi connectivity index (χ4n) is 5.95. The summed E-state index contributed by atoms with van der Waals surface area (Å²) in [5.74, 6) is -5.96. The molecular formula is C25H28F7N3O5S2. The molecule has 17 heteroatoms. The molecule has 0 bridgehead atoms. The average Bonchev–Trinajstić information content (AvgIpc) is 3.40. The molecule has 8 nitrogen and oxygen atoms in total. The number of benzene rings is 1. The van der Waals surface area contributed by atoms with Crippen LogP contribution in [0, 0.1) is 23.6 Å². The standard InChI is InChI=1S/C25H28F7N3O5S2/c1-14(23(25(30,31)32)42(38,39)40)11-34(41(36,37)13-24(27,28)29)12-17-4-3-16-9-21-20(15(2)22(16)17)10-33-35(21)19-7-5-18(26)6-8-19/h5-10,14-15,17,23,33H,3-4,11-13H2,1-2H3,(H,38,39,40)/t14?,15-,17+,23-/m0/s1. The lowest BCUT2D eigenvalue weighted by molar-refractivity contribution is -0.140. The Labute approximate surface area is 238 Å². The van der Waals surface area contributed by atoms with Crippen LogP contribution in [0.3, 0.4) is 0 Å². The average molecular weight is 648 g/mol. The third-order valence-electron chi connectivity index (χ3n) is 7.60. The largest absolute Gasteiger partial charge is 0.408 e. The van der Waals surface area contributed by atoms with Gasteiger partial charge in [-0.25, -0.2) is 17.1 Å². The minimum Gasteiger partial charge on any atom is -0.301 e. The summed E-state index contributed by atoms with van der Waals surface area (Å²) in [7, 11) is -11.0. The number of hydrazine groups is 1. The van der Waals surface area contributed by atoms with Crippen molar-refractivity contribution in [2.24, 2.45) is 17.8 Å². The highest BCUT2D eigenvalue weighted by Crippen LogP contribution is 2.48. The monoisotopic (exact) mass is 647 g/mol. The van der Waals surface area contributed by atoms with Gasteiger partial charge in [-0.05, 0) is 60.6 Å². The Balaban J connectivity index is 1.66. The number of hydrogen-bond donors (Lipinski definition) is 2. The van der Waals surface area contributed by atoms with Crippen molar-refractivity contribution in [3.8, 4) is 0 Å². The van der Waals surface area contributed by atoms with Crippen LogP contribution in [0.15, 0.2) is 59.0 Å². The molecule has 1 unspecified atom stereocenters. The zero-order chi connectivity index (χ0) is 31.4. The predicted octanol–water partition coefficient (Wildman–Crippen LogP) is 4.92. The van der Waals surface area contributed by atoms with Crippen molar-refractivity contribution in [1.82, 2.24) is 9.73 Å². The first-order valence-corrected chi connectivity index (χ1v) is 15.8. The summed E-state index contributed by atoms with van der Waals surface area (Å²) in [5.41, 5.74) is 6.65. The van der Waals surface area contributed by atoms with E-state index in [2.05, 4.69) is 5.43 Å². The molecule has 1 aliphatic heterocycles. The molecule has 1 heterocycles. The third-order valence-corrected chi connectivity index (χ3v) is 10.8. The molecule has 1 aromatic rings. The minimum atomic E-state index is -5.77. The molecule has 0 aromatic heterocycles. The third kappa shape index (κ3) is 6.78. The maximum atomic E-state index is 13.5. The fourth-order valence-corrected chi connectivity index (χ4v) is 8.43. The first-order valence-electron chi connectivity index (χ1n) is 12.7. The van der Waals surface area contributed by atoms with E-state index >= 15 is 0 Å². The number of nitrogens with one attached hydrogen (secondary N) is 1. The number of allylic oxidation sites excluding steroid dienone is 3. The molecule has 2 N–H and O–H groups in total. The SMILES string of the molecule is CC(CN(C[C@H]1CCC2=C1[C@@H](C)C1=CNN(c3ccc(F)cc3)C1=C2)S(=O)(=O)CC(F)(F)F)[C@@H](C(F)(F)F)S(=O)(=O)O. The summed E-state index contributed by atoms with van der Waals surface area (Å²) in [6, 6.07) is 5.66. The Bertz CT molecular complexity index is 1520. The van der Waals surface area contributed by atoms with Crippen molar-refractivity contribution in [1.29, 1.82) is 0 Å². The number of hydrogen-bond acceptors (Lipinski definition) is 6. The molecule has 2 aliphatic carbocycles. The minimum absolute atomic E-state index is 0.258. The number of nitrogens with zero attached hydrogens (tertiary/aromatic N) is 2. The summed E-state index contributed by atoms with van der Waals surface area (Å²) in [6.45, 7) is 0.670. The Morgan fingerprint density at radius 3 is 2.26 bits per heavy atom. The molecule has 1 aromatic carbocycles. The van der Waals surface area contributed by atoms with Crippen LogP contribution in [0.2, 0.25) is 0 Å². The highest BCUT2D eigenvalue weighted by Gasteiger charge is 2.53. The summed E-state index contributed by atoms with van der Waals surface area (Å²) >= 11 is 0. The van der Waals surface area contributed by atoms with E-state index in [1.807, 2.05) is 6.08 Å². The Kier molecular flexibility index (Phi) is 8.56. The number of anilines is 1. The molecule has 4 rings (SSSR count). The van der Waals surface area contributed by atoms with Gasteiger partial charge in [-0.1, -0.05) is 19.4 Å².